The second kappa shape index (κ2) is 7.49. The van der Waals surface area contributed by atoms with Crippen molar-refractivity contribution in [3.63, 3.8) is 0 Å². The quantitative estimate of drug-likeness (QED) is 0.707. The van der Waals surface area contributed by atoms with Crippen molar-refractivity contribution in [3.8, 4) is 0 Å². The van der Waals surface area contributed by atoms with E-state index in [2.05, 4.69) is 15.9 Å². The van der Waals surface area contributed by atoms with Crippen molar-refractivity contribution in [1.82, 2.24) is 4.90 Å². The van der Waals surface area contributed by atoms with Crippen molar-refractivity contribution in [3.05, 3.63) is 0 Å². The second-order valence-corrected chi connectivity index (χ2v) is 7.81. The normalized spacial score (nSPS) is 27.7. The van der Waals surface area contributed by atoms with E-state index in [1.54, 1.807) is 4.90 Å². The topological polar surface area (TPSA) is 48.0 Å². The molecule has 1 unspecified atom stereocenters. The first-order valence-corrected chi connectivity index (χ1v) is 9.25. The Morgan fingerprint density at radius 1 is 1.36 bits per heavy atom. The van der Waals surface area contributed by atoms with Crippen LogP contribution in [0.15, 0.2) is 0 Å². The lowest BCUT2D eigenvalue weighted by molar-refractivity contribution is -0.137. The molecule has 2 heterocycles. The summed E-state index contributed by atoms with van der Waals surface area (Å²) in [7, 11) is 0. The van der Waals surface area contributed by atoms with Crippen LogP contribution in [0.3, 0.4) is 0 Å². The molecule has 0 aliphatic carbocycles. The number of carbonyl (C=O) groups excluding carboxylic acids is 1. The fourth-order valence-electron chi connectivity index (χ4n) is 2.96. The van der Waals surface area contributed by atoms with Gasteiger partial charge in [0.25, 0.3) is 0 Å². The molecule has 1 amide bonds. The van der Waals surface area contributed by atoms with Gasteiger partial charge in [-0.25, -0.2) is 4.79 Å². The van der Waals surface area contributed by atoms with Crippen LogP contribution < -0.4 is 0 Å². The smallest absolute Gasteiger partial charge is 0.410 e. The van der Waals surface area contributed by atoms with E-state index in [-0.39, 0.29) is 17.8 Å². The van der Waals surface area contributed by atoms with Crippen LogP contribution in [-0.2, 0) is 14.2 Å². The molecule has 128 valence electrons. The minimum absolute atomic E-state index is 0.227. The molecule has 0 aromatic carbocycles. The van der Waals surface area contributed by atoms with Gasteiger partial charge < -0.3 is 19.1 Å². The minimum atomic E-state index is -0.465. The molecule has 0 N–H and O–H groups in total. The highest BCUT2D eigenvalue weighted by atomic mass is 79.9. The summed E-state index contributed by atoms with van der Waals surface area (Å²) in [5.41, 5.74) is -0.773. The molecule has 2 rings (SSSR count). The lowest BCUT2D eigenvalue weighted by Crippen LogP contribution is -2.55. The summed E-state index contributed by atoms with van der Waals surface area (Å²) in [6.07, 6.45) is 3.75. The first-order chi connectivity index (χ1) is 10.3. The van der Waals surface area contributed by atoms with Gasteiger partial charge in [-0.2, -0.15) is 0 Å². The van der Waals surface area contributed by atoms with E-state index in [0.717, 1.165) is 50.8 Å². The highest BCUT2D eigenvalue weighted by Crippen LogP contribution is 2.31. The highest BCUT2D eigenvalue weighted by molar-refractivity contribution is 9.09. The lowest BCUT2D eigenvalue weighted by Gasteiger charge is -2.44. The first-order valence-electron chi connectivity index (χ1n) is 8.13. The van der Waals surface area contributed by atoms with Crippen LogP contribution in [0.2, 0.25) is 0 Å². The van der Waals surface area contributed by atoms with Crippen molar-refractivity contribution in [2.45, 2.75) is 63.8 Å². The summed E-state index contributed by atoms with van der Waals surface area (Å²) < 4.78 is 17.3. The summed E-state index contributed by atoms with van der Waals surface area (Å²) >= 11 is 3.60. The number of hydrogen-bond acceptors (Lipinski definition) is 4. The number of alkyl halides is 1. The molecule has 0 saturated carbocycles. The maximum atomic E-state index is 12.3. The van der Waals surface area contributed by atoms with Gasteiger partial charge in [0, 0.05) is 25.1 Å². The van der Waals surface area contributed by atoms with E-state index in [1.807, 2.05) is 20.8 Å². The molecule has 6 heteroatoms. The number of piperidine rings is 1. The van der Waals surface area contributed by atoms with Crippen LogP contribution in [0.5, 0.6) is 0 Å². The molecule has 0 spiro atoms. The fourth-order valence-corrected chi connectivity index (χ4v) is 3.55. The van der Waals surface area contributed by atoms with Crippen LogP contribution in [0, 0.1) is 0 Å². The second-order valence-electron chi connectivity index (χ2n) is 7.25. The van der Waals surface area contributed by atoms with Crippen LogP contribution in [0.25, 0.3) is 0 Å². The van der Waals surface area contributed by atoms with Gasteiger partial charge in [0.05, 0.1) is 18.2 Å². The number of ether oxygens (including phenoxy) is 3. The molecule has 0 aromatic heterocycles. The fraction of sp³-hybridized carbons (Fsp3) is 0.938. The number of nitrogens with zero attached hydrogens (tertiary/aromatic N) is 1. The maximum absolute atomic E-state index is 12.3. The number of halogens is 1. The van der Waals surface area contributed by atoms with E-state index >= 15 is 0 Å². The molecule has 0 bridgehead atoms. The van der Waals surface area contributed by atoms with Gasteiger partial charge in [-0.1, -0.05) is 15.9 Å². The van der Waals surface area contributed by atoms with E-state index in [1.165, 1.54) is 0 Å². The van der Waals surface area contributed by atoms with Gasteiger partial charge in [-0.3, -0.25) is 0 Å². The molecule has 2 aliphatic heterocycles. The molecule has 2 aliphatic rings. The average Bonchev–Trinajstić information content (AvgIpc) is 2.47. The molecule has 2 fully saturated rings. The third kappa shape index (κ3) is 5.10. The van der Waals surface area contributed by atoms with Crippen molar-refractivity contribution in [2.24, 2.45) is 0 Å². The number of likely N-dealkylation sites (tertiary alicyclic amines) is 1. The summed E-state index contributed by atoms with van der Waals surface area (Å²) in [5.74, 6) is 0. The number of amides is 1. The Labute approximate surface area is 141 Å². The Balaban J connectivity index is 1.97. The van der Waals surface area contributed by atoms with Crippen molar-refractivity contribution in [1.29, 1.82) is 0 Å². The first kappa shape index (κ1) is 18.0. The minimum Gasteiger partial charge on any atom is -0.444 e. The zero-order valence-electron chi connectivity index (χ0n) is 13.9. The van der Waals surface area contributed by atoms with Crippen LogP contribution in [0.4, 0.5) is 4.79 Å². The monoisotopic (exact) mass is 377 g/mol. The maximum Gasteiger partial charge on any atom is 0.410 e. The van der Waals surface area contributed by atoms with E-state index in [9.17, 15) is 4.79 Å². The van der Waals surface area contributed by atoms with Gasteiger partial charge in [0.1, 0.15) is 5.60 Å². The summed E-state index contributed by atoms with van der Waals surface area (Å²) in [6.45, 7) is 8.53. The summed E-state index contributed by atoms with van der Waals surface area (Å²) in [4.78, 5) is 14.1. The average molecular weight is 378 g/mol. The van der Waals surface area contributed by atoms with E-state index in [0.29, 0.717) is 6.54 Å². The van der Waals surface area contributed by atoms with Crippen LogP contribution >= 0.6 is 15.9 Å². The Hall–Kier alpha value is -0.330. The number of carbonyl (C=O) groups is 1. The van der Waals surface area contributed by atoms with Gasteiger partial charge in [0.2, 0.25) is 0 Å². The van der Waals surface area contributed by atoms with Crippen molar-refractivity contribution in [2.75, 3.05) is 31.6 Å². The molecule has 0 aromatic rings. The van der Waals surface area contributed by atoms with Crippen molar-refractivity contribution >= 4 is 22.0 Å². The predicted molar refractivity (Wildman–Crippen MR) is 88.5 cm³/mol. The van der Waals surface area contributed by atoms with Gasteiger partial charge >= 0.3 is 6.09 Å². The molecular formula is C16H28BrNO4. The third-order valence-electron chi connectivity index (χ3n) is 4.02. The summed E-state index contributed by atoms with van der Waals surface area (Å²) in [5, 5.41) is 0.733. The number of rotatable bonds is 3. The number of hydrogen-bond donors (Lipinski definition) is 0. The standard InChI is InChI=1S/C16H28BrNO4/c1-15(2,3)22-14(19)18-8-4-7-16(11-17,12-18)21-13-5-9-20-10-6-13/h13H,4-12H2,1-3H3. The predicted octanol–water partition coefficient (Wildman–Crippen LogP) is 3.35. The molecule has 0 radical (unpaired) electrons. The van der Waals surface area contributed by atoms with Gasteiger partial charge in [-0.05, 0) is 46.5 Å². The molecule has 2 saturated heterocycles. The Bertz CT molecular complexity index is 379. The van der Waals surface area contributed by atoms with Crippen LogP contribution in [0.1, 0.15) is 46.5 Å². The summed E-state index contributed by atoms with van der Waals surface area (Å²) in [6, 6.07) is 0. The molecule has 1 atom stereocenters. The lowest BCUT2D eigenvalue weighted by atomic mass is 9.94. The Morgan fingerprint density at radius 3 is 2.64 bits per heavy atom. The van der Waals surface area contributed by atoms with E-state index < -0.39 is 5.60 Å². The van der Waals surface area contributed by atoms with E-state index in [4.69, 9.17) is 14.2 Å². The Morgan fingerprint density at radius 2 is 2.05 bits per heavy atom. The van der Waals surface area contributed by atoms with Gasteiger partial charge in [0.15, 0.2) is 0 Å². The zero-order valence-corrected chi connectivity index (χ0v) is 15.5. The van der Waals surface area contributed by atoms with Crippen LogP contribution in [-0.4, -0.2) is 59.9 Å². The molecule has 22 heavy (non-hydrogen) atoms. The SMILES string of the molecule is CC(C)(C)OC(=O)N1CCCC(CBr)(OC2CCOCC2)C1. The zero-order chi connectivity index (χ0) is 16.2. The highest BCUT2D eigenvalue weighted by Gasteiger charge is 2.40. The third-order valence-corrected chi connectivity index (χ3v) is 5.04. The largest absolute Gasteiger partial charge is 0.444 e. The molecular weight excluding hydrogens is 350 g/mol. The van der Waals surface area contributed by atoms with Gasteiger partial charge in [-0.15, -0.1) is 0 Å². The Kier molecular flexibility index (Phi) is 6.14. The van der Waals surface area contributed by atoms with Crippen molar-refractivity contribution < 1.29 is 19.0 Å². The molecule has 5 nitrogen and oxygen atoms in total.